The van der Waals surface area contributed by atoms with Crippen LogP contribution in [0.3, 0.4) is 0 Å². The van der Waals surface area contributed by atoms with Crippen LogP contribution in [0.2, 0.25) is 0 Å². The molecule has 1 amide bonds. The van der Waals surface area contributed by atoms with Gasteiger partial charge in [0.25, 0.3) is 5.91 Å². The number of carbonyl (C=O) groups is 2. The Labute approximate surface area is 273 Å². The first-order chi connectivity index (χ1) is 22.3. The van der Waals surface area contributed by atoms with Crippen LogP contribution in [0.1, 0.15) is 64.9 Å². The lowest BCUT2D eigenvalue weighted by Crippen LogP contribution is -2.61. The Morgan fingerprint density at radius 2 is 1.77 bits per heavy atom. The number of piperazine rings is 1. The number of amides is 1. The van der Waals surface area contributed by atoms with Crippen molar-refractivity contribution in [1.29, 1.82) is 0 Å². The highest BCUT2D eigenvalue weighted by Crippen LogP contribution is 2.33. The molecule has 0 aliphatic carbocycles. The molecule has 0 atom stereocenters. The number of fused-ring (bicyclic) bond motifs is 1. The summed E-state index contributed by atoms with van der Waals surface area (Å²) in [5.74, 6) is -0.751. The van der Waals surface area contributed by atoms with Crippen LogP contribution in [-0.2, 0) is 6.54 Å². The number of hydrogen-bond donors (Lipinski definition) is 1. The first-order valence-electron chi connectivity index (χ1n) is 15.8. The second kappa shape index (κ2) is 12.2. The van der Waals surface area contributed by atoms with Gasteiger partial charge in [-0.05, 0) is 94.5 Å². The van der Waals surface area contributed by atoms with Crippen molar-refractivity contribution in [2.75, 3.05) is 24.5 Å². The van der Waals surface area contributed by atoms with Crippen molar-refractivity contribution < 1.29 is 19.1 Å². The molecule has 10 heteroatoms. The van der Waals surface area contributed by atoms with E-state index < -0.39 is 11.5 Å². The highest BCUT2D eigenvalue weighted by atomic mass is 19.1. The number of aromatic nitrogens is 3. The summed E-state index contributed by atoms with van der Waals surface area (Å²) >= 11 is 0. The summed E-state index contributed by atoms with van der Waals surface area (Å²) in [5.41, 5.74) is 5.84. The number of aromatic carboxylic acids is 1. The number of aliphatic imine (C=N–C) groups is 1. The molecule has 0 radical (unpaired) electrons. The van der Waals surface area contributed by atoms with E-state index in [2.05, 4.69) is 27.0 Å². The average molecular weight is 635 g/mol. The van der Waals surface area contributed by atoms with Gasteiger partial charge in [-0.3, -0.25) is 9.79 Å². The molecule has 4 aromatic rings. The van der Waals surface area contributed by atoms with Gasteiger partial charge in [0.15, 0.2) is 0 Å². The zero-order valence-corrected chi connectivity index (χ0v) is 27.6. The molecular weight excluding hydrogens is 595 g/mol. The van der Waals surface area contributed by atoms with Crippen LogP contribution in [0.4, 0.5) is 10.2 Å². The van der Waals surface area contributed by atoms with Crippen LogP contribution in [-0.4, -0.2) is 67.8 Å². The van der Waals surface area contributed by atoms with Crippen LogP contribution in [0.25, 0.3) is 22.2 Å². The zero-order valence-electron chi connectivity index (χ0n) is 27.6. The molecule has 9 nitrogen and oxygen atoms in total. The van der Waals surface area contributed by atoms with Gasteiger partial charge in [0.1, 0.15) is 23.0 Å². The van der Waals surface area contributed by atoms with Gasteiger partial charge in [-0.1, -0.05) is 24.3 Å². The molecule has 1 saturated heterocycles. The second-order valence-corrected chi connectivity index (χ2v) is 13.1. The summed E-state index contributed by atoms with van der Waals surface area (Å²) in [6.45, 7) is 13.2. The van der Waals surface area contributed by atoms with E-state index in [0.717, 1.165) is 34.2 Å². The molecule has 0 bridgehead atoms. The third kappa shape index (κ3) is 6.19. The number of pyridine rings is 2. The van der Waals surface area contributed by atoms with E-state index in [1.807, 2.05) is 54.8 Å². The van der Waals surface area contributed by atoms with E-state index in [-0.39, 0.29) is 17.3 Å². The number of halogens is 1. The number of carboxylic acid groups (broad SMARTS) is 1. The number of nitrogens with zero attached hydrogens (tertiary/aromatic N) is 6. The molecule has 5 heterocycles. The standard InChI is InChI=1S/C37H39FN6O3/c1-22-8-7-9-27(39-18-22)19-43-20-29(26-11-10-23(2)30(38)17-26)28-12-13-31(41-34(28)43)35(45)44-15-14-42(21-37(44,5)6)32-16-24(3)33(36(46)47)25(4)40-32/h8-13,16-18,20H,7,14-15,19,21H2,1-6H3,(H,46,47). The summed E-state index contributed by atoms with van der Waals surface area (Å²) < 4.78 is 16.7. The fourth-order valence-corrected chi connectivity index (χ4v) is 6.51. The Kier molecular flexibility index (Phi) is 8.29. The van der Waals surface area contributed by atoms with Crippen LogP contribution in [0, 0.1) is 26.6 Å². The van der Waals surface area contributed by atoms with Gasteiger partial charge < -0.3 is 19.5 Å². The van der Waals surface area contributed by atoms with Gasteiger partial charge >= 0.3 is 5.97 Å². The van der Waals surface area contributed by atoms with Crippen LogP contribution in [0.5, 0.6) is 0 Å². The maximum atomic E-state index is 14.7. The predicted octanol–water partition coefficient (Wildman–Crippen LogP) is 6.91. The molecule has 1 N–H and O–H groups in total. The minimum Gasteiger partial charge on any atom is -0.478 e. The molecule has 0 saturated carbocycles. The number of carboxylic acids is 1. The van der Waals surface area contributed by atoms with Crippen molar-refractivity contribution >= 4 is 34.9 Å². The number of allylic oxidation sites excluding steroid dienone is 4. The highest BCUT2D eigenvalue weighted by Gasteiger charge is 2.38. The monoisotopic (exact) mass is 634 g/mol. The molecule has 242 valence electrons. The number of carbonyl (C=O) groups excluding carboxylic acids is 1. The molecule has 2 aliphatic rings. The maximum Gasteiger partial charge on any atom is 0.337 e. The summed E-state index contributed by atoms with van der Waals surface area (Å²) in [7, 11) is 0. The number of rotatable bonds is 6. The minimum absolute atomic E-state index is 0.180. The summed E-state index contributed by atoms with van der Waals surface area (Å²) in [6.07, 6.45) is 8.78. The van der Waals surface area contributed by atoms with Crippen LogP contribution in [0.15, 0.2) is 71.0 Å². The second-order valence-electron chi connectivity index (χ2n) is 13.1. The predicted molar refractivity (Wildman–Crippen MR) is 183 cm³/mol. The number of aryl methyl sites for hydroxylation is 3. The normalized spacial score (nSPS) is 16.2. The Morgan fingerprint density at radius 3 is 2.47 bits per heavy atom. The number of anilines is 1. The van der Waals surface area contributed by atoms with Crippen molar-refractivity contribution in [3.05, 3.63) is 99.9 Å². The highest BCUT2D eigenvalue weighted by molar-refractivity contribution is 5.99. The van der Waals surface area contributed by atoms with E-state index in [1.165, 1.54) is 0 Å². The van der Waals surface area contributed by atoms with Crippen molar-refractivity contribution in [3.8, 4) is 11.1 Å². The molecule has 2 aliphatic heterocycles. The van der Waals surface area contributed by atoms with Gasteiger partial charge in [-0.25, -0.2) is 19.2 Å². The zero-order chi connectivity index (χ0) is 33.6. The lowest BCUT2D eigenvalue weighted by atomic mass is 9.97. The van der Waals surface area contributed by atoms with Crippen LogP contribution < -0.4 is 4.90 Å². The van der Waals surface area contributed by atoms with Gasteiger partial charge in [0.05, 0.1) is 29.0 Å². The average Bonchev–Trinajstić information content (AvgIpc) is 3.23. The first-order valence-corrected chi connectivity index (χ1v) is 15.8. The molecule has 1 aromatic carbocycles. The first kappa shape index (κ1) is 31.8. The summed E-state index contributed by atoms with van der Waals surface area (Å²) in [6, 6.07) is 10.7. The molecule has 47 heavy (non-hydrogen) atoms. The Morgan fingerprint density at radius 1 is 0.979 bits per heavy atom. The quantitative estimate of drug-likeness (QED) is 0.247. The molecule has 6 rings (SSSR count). The van der Waals surface area contributed by atoms with Crippen molar-refractivity contribution in [3.63, 3.8) is 0 Å². The smallest absolute Gasteiger partial charge is 0.337 e. The lowest BCUT2D eigenvalue weighted by Gasteiger charge is -2.47. The fraction of sp³-hybridized carbons (Fsp3) is 0.324. The van der Waals surface area contributed by atoms with Crippen LogP contribution >= 0.6 is 0 Å². The van der Waals surface area contributed by atoms with E-state index >= 15 is 0 Å². The molecular formula is C37H39FN6O3. The van der Waals surface area contributed by atoms with Gasteiger partial charge in [0.2, 0.25) is 0 Å². The Hall–Kier alpha value is -5.12. The summed E-state index contributed by atoms with van der Waals surface area (Å²) in [4.78, 5) is 44.0. The van der Waals surface area contributed by atoms with Gasteiger partial charge in [0, 0.05) is 43.0 Å². The number of hydrogen-bond acceptors (Lipinski definition) is 6. The van der Waals surface area contributed by atoms with E-state index in [9.17, 15) is 19.1 Å². The van der Waals surface area contributed by atoms with Crippen molar-refractivity contribution in [2.45, 2.75) is 60.0 Å². The Bertz CT molecular complexity index is 2000. The van der Waals surface area contributed by atoms with Gasteiger partial charge in [-0.2, -0.15) is 0 Å². The summed E-state index contributed by atoms with van der Waals surface area (Å²) in [5, 5.41) is 10.4. The topological polar surface area (TPSA) is 104 Å². The molecule has 0 spiro atoms. The van der Waals surface area contributed by atoms with Crippen molar-refractivity contribution in [1.82, 2.24) is 19.4 Å². The van der Waals surface area contributed by atoms with Gasteiger partial charge in [-0.15, -0.1) is 0 Å². The fourth-order valence-electron chi connectivity index (χ4n) is 6.51. The van der Waals surface area contributed by atoms with Crippen molar-refractivity contribution in [2.24, 2.45) is 4.99 Å². The minimum atomic E-state index is -0.991. The Balaban J connectivity index is 1.33. The molecule has 3 aromatic heterocycles. The maximum absolute atomic E-state index is 14.7. The van der Waals surface area contributed by atoms with E-state index in [1.54, 1.807) is 45.0 Å². The third-order valence-corrected chi connectivity index (χ3v) is 9.05. The number of benzene rings is 1. The lowest BCUT2D eigenvalue weighted by molar-refractivity contribution is 0.0507. The largest absolute Gasteiger partial charge is 0.478 e. The third-order valence-electron chi connectivity index (χ3n) is 9.05. The van der Waals surface area contributed by atoms with E-state index in [0.29, 0.717) is 60.2 Å². The van der Waals surface area contributed by atoms with E-state index in [4.69, 9.17) is 4.98 Å². The SMILES string of the molecule is CC1=CCC=C(Cn2cc(-c3ccc(C)c(F)c3)c3ccc(C(=O)N4CCN(c5cc(C)c(C(=O)O)c(C)n5)CC4(C)C)nc32)N=C1. The molecule has 0 unspecified atom stereocenters. The molecule has 1 fully saturated rings.